The topological polar surface area (TPSA) is 42.2 Å². The summed E-state index contributed by atoms with van der Waals surface area (Å²) in [6.07, 6.45) is -4.60. The monoisotopic (exact) mass is 411 g/mol. The van der Waals surface area contributed by atoms with Gasteiger partial charge in [0.2, 0.25) is 0 Å². The third kappa shape index (κ3) is 2.62. The van der Waals surface area contributed by atoms with Crippen LogP contribution in [0.15, 0.2) is 39.4 Å². The van der Waals surface area contributed by atoms with Gasteiger partial charge in [-0.1, -0.05) is 6.07 Å². The average Bonchev–Trinajstić information content (AvgIpc) is 2.69. The molecule has 2 rings (SSSR count). The molecule has 1 N–H and O–H groups in total. The number of para-hydroxylation sites is 1. The van der Waals surface area contributed by atoms with Crippen LogP contribution in [-0.2, 0) is 6.18 Å². The van der Waals surface area contributed by atoms with Gasteiger partial charge in [0, 0.05) is 4.47 Å². The summed E-state index contributed by atoms with van der Waals surface area (Å²) in [4.78, 5) is 11.1. The molecular formula is C12H6Br2F3NO2. The summed E-state index contributed by atoms with van der Waals surface area (Å²) in [6, 6.07) is 6.17. The highest BCUT2D eigenvalue weighted by atomic mass is 79.9. The first-order valence-electron chi connectivity index (χ1n) is 5.20. The van der Waals surface area contributed by atoms with Gasteiger partial charge in [-0.25, -0.2) is 4.79 Å². The second-order valence-corrected chi connectivity index (χ2v) is 5.48. The first-order valence-corrected chi connectivity index (χ1v) is 6.78. The van der Waals surface area contributed by atoms with Crippen LogP contribution in [0, 0.1) is 0 Å². The first kappa shape index (κ1) is 15.1. The van der Waals surface area contributed by atoms with Crippen molar-refractivity contribution in [2.45, 2.75) is 6.18 Å². The minimum absolute atomic E-state index is 0.145. The zero-order valence-electron chi connectivity index (χ0n) is 9.58. The molecule has 0 radical (unpaired) electrons. The number of hydrogen-bond donors (Lipinski definition) is 1. The zero-order chi connectivity index (χ0) is 15.1. The molecule has 0 bridgehead atoms. The first-order chi connectivity index (χ1) is 9.23. The van der Waals surface area contributed by atoms with Crippen molar-refractivity contribution in [3.05, 3.63) is 50.7 Å². The van der Waals surface area contributed by atoms with E-state index in [0.717, 1.165) is 10.6 Å². The predicted molar refractivity (Wildman–Crippen MR) is 73.1 cm³/mol. The maximum Gasteiger partial charge on any atom is 0.418 e. The number of aromatic nitrogens is 1. The lowest BCUT2D eigenvalue weighted by Crippen LogP contribution is -2.15. The number of carboxylic acid groups (broad SMARTS) is 1. The lowest BCUT2D eigenvalue weighted by atomic mass is 10.1. The number of benzene rings is 1. The summed E-state index contributed by atoms with van der Waals surface area (Å²) < 4.78 is 40.6. The van der Waals surface area contributed by atoms with E-state index >= 15 is 0 Å². The molecule has 0 aliphatic rings. The Morgan fingerprint density at radius 2 is 1.80 bits per heavy atom. The van der Waals surface area contributed by atoms with Crippen molar-refractivity contribution < 1.29 is 23.1 Å². The summed E-state index contributed by atoms with van der Waals surface area (Å²) in [5.74, 6) is -1.32. The van der Waals surface area contributed by atoms with Gasteiger partial charge in [0.05, 0.1) is 15.9 Å². The Labute approximate surface area is 128 Å². The Morgan fingerprint density at radius 3 is 2.35 bits per heavy atom. The number of rotatable bonds is 2. The van der Waals surface area contributed by atoms with Crippen LogP contribution in [0.4, 0.5) is 13.2 Å². The highest BCUT2D eigenvalue weighted by Gasteiger charge is 2.36. The normalized spacial score (nSPS) is 11.7. The fourth-order valence-electron chi connectivity index (χ4n) is 1.78. The molecule has 8 heteroatoms. The molecule has 20 heavy (non-hydrogen) atoms. The van der Waals surface area contributed by atoms with E-state index in [1.165, 1.54) is 24.3 Å². The largest absolute Gasteiger partial charge is 0.477 e. The Bertz CT molecular complexity index is 680. The average molecular weight is 413 g/mol. The molecule has 3 nitrogen and oxygen atoms in total. The number of alkyl halides is 3. The Morgan fingerprint density at radius 1 is 1.15 bits per heavy atom. The summed E-state index contributed by atoms with van der Waals surface area (Å²) in [5.41, 5.74) is -1.46. The van der Waals surface area contributed by atoms with Gasteiger partial charge >= 0.3 is 12.1 Å². The van der Waals surface area contributed by atoms with Crippen molar-refractivity contribution in [2.24, 2.45) is 0 Å². The lowest BCUT2D eigenvalue weighted by Gasteiger charge is -2.17. The maximum atomic E-state index is 13.1. The highest BCUT2D eigenvalue weighted by Crippen LogP contribution is 2.39. The summed E-state index contributed by atoms with van der Waals surface area (Å²) in [5, 5.41) is 9.09. The van der Waals surface area contributed by atoms with Gasteiger partial charge in [0.1, 0.15) is 5.69 Å². The molecule has 1 aromatic carbocycles. The van der Waals surface area contributed by atoms with Crippen LogP contribution in [0.3, 0.4) is 0 Å². The molecule has 0 spiro atoms. The van der Waals surface area contributed by atoms with Gasteiger partial charge in [0.15, 0.2) is 0 Å². The van der Waals surface area contributed by atoms with Crippen molar-refractivity contribution in [3.8, 4) is 5.69 Å². The number of carboxylic acids is 1. The SMILES string of the molecule is O=C(O)c1ccc(Br)n1-c1c(Br)cccc1C(F)(F)F. The predicted octanol–water partition coefficient (Wildman–Crippen LogP) is 4.72. The highest BCUT2D eigenvalue weighted by molar-refractivity contribution is 9.11. The van der Waals surface area contributed by atoms with E-state index in [2.05, 4.69) is 31.9 Å². The van der Waals surface area contributed by atoms with Gasteiger partial charge in [-0.2, -0.15) is 13.2 Å². The molecular weight excluding hydrogens is 407 g/mol. The fourth-order valence-corrected chi connectivity index (χ4v) is 2.82. The van der Waals surface area contributed by atoms with E-state index in [-0.39, 0.29) is 20.5 Å². The van der Waals surface area contributed by atoms with Crippen LogP contribution in [0.25, 0.3) is 5.69 Å². The molecule has 1 heterocycles. The van der Waals surface area contributed by atoms with Crippen LogP contribution >= 0.6 is 31.9 Å². The third-order valence-electron chi connectivity index (χ3n) is 2.57. The number of nitrogens with zero attached hydrogens (tertiary/aromatic N) is 1. The van der Waals surface area contributed by atoms with Crippen LogP contribution < -0.4 is 0 Å². The van der Waals surface area contributed by atoms with Crippen molar-refractivity contribution in [1.29, 1.82) is 0 Å². The van der Waals surface area contributed by atoms with Gasteiger partial charge in [-0.3, -0.25) is 4.57 Å². The quantitative estimate of drug-likeness (QED) is 0.775. The zero-order valence-corrected chi connectivity index (χ0v) is 12.8. The van der Waals surface area contributed by atoms with Crippen molar-refractivity contribution in [1.82, 2.24) is 4.57 Å². The van der Waals surface area contributed by atoms with E-state index in [1.54, 1.807) is 0 Å². The van der Waals surface area contributed by atoms with Gasteiger partial charge in [0.25, 0.3) is 0 Å². The molecule has 0 aliphatic carbocycles. The molecule has 0 unspecified atom stereocenters. The molecule has 1 aromatic heterocycles. The minimum atomic E-state index is -4.60. The standard InChI is InChI=1S/C12H6Br2F3NO2/c13-7-3-1-2-6(12(15,16)17)10(7)18-8(11(19)20)4-5-9(18)14/h1-5H,(H,19,20). The van der Waals surface area contributed by atoms with Gasteiger partial charge < -0.3 is 5.11 Å². The number of carbonyl (C=O) groups is 1. The van der Waals surface area contributed by atoms with E-state index in [4.69, 9.17) is 5.11 Å². The fraction of sp³-hybridized carbons (Fsp3) is 0.0833. The lowest BCUT2D eigenvalue weighted by molar-refractivity contribution is -0.137. The second-order valence-electron chi connectivity index (χ2n) is 3.82. The van der Waals surface area contributed by atoms with Crippen molar-refractivity contribution in [2.75, 3.05) is 0 Å². The van der Waals surface area contributed by atoms with Crippen LogP contribution in [-0.4, -0.2) is 15.6 Å². The molecule has 0 aliphatic heterocycles. The summed E-state index contributed by atoms with van der Waals surface area (Å²) >= 11 is 6.11. The van der Waals surface area contributed by atoms with Crippen LogP contribution in [0.2, 0.25) is 0 Å². The second kappa shape index (κ2) is 5.25. The van der Waals surface area contributed by atoms with Gasteiger partial charge in [-0.15, -0.1) is 0 Å². The van der Waals surface area contributed by atoms with E-state index < -0.39 is 17.7 Å². The maximum absolute atomic E-state index is 13.1. The molecule has 0 saturated heterocycles. The number of halogens is 5. The summed E-state index contributed by atoms with van der Waals surface area (Å²) in [7, 11) is 0. The Balaban J connectivity index is 2.83. The molecule has 0 atom stereocenters. The Kier molecular flexibility index (Phi) is 3.97. The molecule has 0 saturated carbocycles. The van der Waals surface area contributed by atoms with Crippen molar-refractivity contribution in [3.63, 3.8) is 0 Å². The van der Waals surface area contributed by atoms with E-state index in [9.17, 15) is 18.0 Å². The molecule has 106 valence electrons. The minimum Gasteiger partial charge on any atom is -0.477 e. The smallest absolute Gasteiger partial charge is 0.418 e. The van der Waals surface area contributed by atoms with Gasteiger partial charge in [-0.05, 0) is 56.1 Å². The molecule has 2 aromatic rings. The number of hydrogen-bond acceptors (Lipinski definition) is 1. The van der Waals surface area contributed by atoms with Crippen LogP contribution in [0.5, 0.6) is 0 Å². The summed E-state index contributed by atoms with van der Waals surface area (Å²) in [6.45, 7) is 0. The van der Waals surface area contributed by atoms with Crippen molar-refractivity contribution >= 4 is 37.8 Å². The molecule has 0 amide bonds. The van der Waals surface area contributed by atoms with E-state index in [0.29, 0.717) is 0 Å². The van der Waals surface area contributed by atoms with E-state index in [1.807, 2.05) is 0 Å². The third-order valence-corrected chi connectivity index (χ3v) is 3.83. The Hall–Kier alpha value is -1.28. The number of aromatic carboxylic acids is 1. The van der Waals surface area contributed by atoms with Crippen LogP contribution in [0.1, 0.15) is 16.1 Å². The molecule has 0 fully saturated rings.